The molecule has 0 saturated carbocycles. The summed E-state index contributed by atoms with van der Waals surface area (Å²) in [6.07, 6.45) is -0.0832. The van der Waals surface area contributed by atoms with Crippen LogP contribution in [0.2, 0.25) is 4.34 Å². The molecule has 2 rings (SSSR count). The zero-order valence-corrected chi connectivity index (χ0v) is 12.0. The van der Waals surface area contributed by atoms with Gasteiger partial charge in [-0.3, -0.25) is 0 Å². The lowest BCUT2D eigenvalue weighted by Gasteiger charge is -2.12. The van der Waals surface area contributed by atoms with Crippen LogP contribution >= 0.6 is 38.9 Å². The van der Waals surface area contributed by atoms with E-state index in [2.05, 4.69) is 15.9 Å². The largest absolute Gasteiger partial charge is 0.398 e. The summed E-state index contributed by atoms with van der Waals surface area (Å²) in [7, 11) is 0. The van der Waals surface area contributed by atoms with Crippen molar-refractivity contribution in [2.75, 3.05) is 5.73 Å². The third-order valence-electron chi connectivity index (χ3n) is 2.43. The number of anilines is 1. The van der Waals surface area contributed by atoms with Gasteiger partial charge in [0, 0.05) is 27.0 Å². The SMILES string of the molecule is Nc1ccc(Br)cc1C(O)Cc1ccc(Cl)s1. The van der Waals surface area contributed by atoms with E-state index in [1.807, 2.05) is 24.3 Å². The van der Waals surface area contributed by atoms with Crippen molar-refractivity contribution in [3.8, 4) is 0 Å². The van der Waals surface area contributed by atoms with E-state index >= 15 is 0 Å². The van der Waals surface area contributed by atoms with Gasteiger partial charge >= 0.3 is 0 Å². The maximum atomic E-state index is 10.2. The lowest BCUT2D eigenvalue weighted by molar-refractivity contribution is 0.180. The standard InChI is InChI=1S/C12H11BrClNOS/c13-7-1-3-10(15)9(5-7)11(16)6-8-2-4-12(14)17-8/h1-5,11,16H,6,15H2. The van der Waals surface area contributed by atoms with E-state index in [4.69, 9.17) is 17.3 Å². The molecule has 2 nitrogen and oxygen atoms in total. The minimum Gasteiger partial charge on any atom is -0.398 e. The number of hydrogen-bond acceptors (Lipinski definition) is 3. The normalized spacial score (nSPS) is 12.6. The van der Waals surface area contributed by atoms with Gasteiger partial charge in [0.2, 0.25) is 0 Å². The number of nitrogen functional groups attached to an aromatic ring is 1. The molecular formula is C12H11BrClNOS. The molecule has 90 valence electrons. The summed E-state index contributed by atoms with van der Waals surface area (Å²) in [6.45, 7) is 0. The van der Waals surface area contributed by atoms with Crippen molar-refractivity contribution in [3.05, 3.63) is 49.6 Å². The summed E-state index contributed by atoms with van der Waals surface area (Å²) in [4.78, 5) is 1.04. The molecular weight excluding hydrogens is 322 g/mol. The molecule has 17 heavy (non-hydrogen) atoms. The average molecular weight is 333 g/mol. The molecule has 1 unspecified atom stereocenters. The van der Waals surface area contributed by atoms with Gasteiger partial charge < -0.3 is 10.8 Å². The molecule has 0 radical (unpaired) electrons. The molecule has 0 amide bonds. The topological polar surface area (TPSA) is 46.2 Å². The zero-order chi connectivity index (χ0) is 12.4. The quantitative estimate of drug-likeness (QED) is 0.834. The Labute approximate surface area is 117 Å². The first-order valence-corrected chi connectivity index (χ1v) is 7.02. The first-order valence-electron chi connectivity index (χ1n) is 5.03. The van der Waals surface area contributed by atoms with Crippen LogP contribution in [0.1, 0.15) is 16.5 Å². The van der Waals surface area contributed by atoms with Crippen molar-refractivity contribution in [1.82, 2.24) is 0 Å². The van der Waals surface area contributed by atoms with Gasteiger partial charge in [-0.25, -0.2) is 0 Å². The first kappa shape index (κ1) is 12.9. The van der Waals surface area contributed by atoms with Crippen LogP contribution in [0, 0.1) is 0 Å². The summed E-state index contributed by atoms with van der Waals surface area (Å²) in [5.41, 5.74) is 7.19. The third kappa shape index (κ3) is 3.22. The minimum absolute atomic E-state index is 0.526. The average Bonchev–Trinajstić information content (AvgIpc) is 2.67. The van der Waals surface area contributed by atoms with E-state index in [1.54, 1.807) is 6.07 Å². The van der Waals surface area contributed by atoms with E-state index in [1.165, 1.54) is 11.3 Å². The second kappa shape index (κ2) is 5.40. The fourth-order valence-electron chi connectivity index (χ4n) is 1.60. The molecule has 0 aliphatic carbocycles. The van der Waals surface area contributed by atoms with E-state index in [-0.39, 0.29) is 0 Å². The number of hydrogen-bond donors (Lipinski definition) is 2. The lowest BCUT2D eigenvalue weighted by Crippen LogP contribution is -2.04. The molecule has 0 saturated heterocycles. The number of nitrogens with two attached hydrogens (primary N) is 1. The Balaban J connectivity index is 2.19. The van der Waals surface area contributed by atoms with Crippen molar-refractivity contribution in [2.45, 2.75) is 12.5 Å². The van der Waals surface area contributed by atoms with Gasteiger partial charge in [0.25, 0.3) is 0 Å². The number of thiophene rings is 1. The molecule has 0 spiro atoms. The number of benzene rings is 1. The van der Waals surface area contributed by atoms with E-state index in [0.29, 0.717) is 12.1 Å². The maximum absolute atomic E-state index is 10.2. The monoisotopic (exact) mass is 331 g/mol. The van der Waals surface area contributed by atoms with Gasteiger partial charge in [-0.1, -0.05) is 27.5 Å². The lowest BCUT2D eigenvalue weighted by atomic mass is 10.0. The predicted octanol–water partition coefficient (Wildman–Crippen LogP) is 4.02. The van der Waals surface area contributed by atoms with Crippen LogP contribution in [0.5, 0.6) is 0 Å². The highest BCUT2D eigenvalue weighted by atomic mass is 79.9. The van der Waals surface area contributed by atoms with Crippen LogP contribution in [0.4, 0.5) is 5.69 Å². The minimum atomic E-state index is -0.609. The van der Waals surface area contributed by atoms with Gasteiger partial charge in [-0.2, -0.15) is 0 Å². The molecule has 0 bridgehead atoms. The fourth-order valence-corrected chi connectivity index (χ4v) is 3.10. The van der Waals surface area contributed by atoms with E-state index in [9.17, 15) is 5.11 Å². The van der Waals surface area contributed by atoms with Gasteiger partial charge in [0.1, 0.15) is 0 Å². The highest BCUT2D eigenvalue weighted by Gasteiger charge is 2.13. The Morgan fingerprint density at radius 1 is 1.35 bits per heavy atom. The van der Waals surface area contributed by atoms with Gasteiger partial charge in [-0.05, 0) is 30.3 Å². The number of halogens is 2. The smallest absolute Gasteiger partial charge is 0.0931 e. The first-order chi connectivity index (χ1) is 8.06. The highest BCUT2D eigenvalue weighted by molar-refractivity contribution is 9.10. The summed E-state index contributed by atoms with van der Waals surface area (Å²) in [5.74, 6) is 0. The second-order valence-electron chi connectivity index (χ2n) is 3.70. The van der Waals surface area contributed by atoms with E-state index < -0.39 is 6.10 Å². The molecule has 0 aliphatic rings. The van der Waals surface area contributed by atoms with Gasteiger partial charge in [-0.15, -0.1) is 11.3 Å². The van der Waals surface area contributed by atoms with Crippen LogP contribution in [-0.4, -0.2) is 5.11 Å². The fraction of sp³-hybridized carbons (Fsp3) is 0.167. The van der Waals surface area contributed by atoms with Crippen LogP contribution in [0.15, 0.2) is 34.8 Å². The maximum Gasteiger partial charge on any atom is 0.0931 e. The Hall–Kier alpha value is -0.550. The van der Waals surface area contributed by atoms with Crippen molar-refractivity contribution < 1.29 is 5.11 Å². The van der Waals surface area contributed by atoms with Crippen LogP contribution in [-0.2, 0) is 6.42 Å². The van der Waals surface area contributed by atoms with Crippen LogP contribution in [0.3, 0.4) is 0 Å². The van der Waals surface area contributed by atoms with Crippen molar-refractivity contribution in [2.24, 2.45) is 0 Å². The number of aliphatic hydroxyl groups excluding tert-OH is 1. The van der Waals surface area contributed by atoms with E-state index in [0.717, 1.165) is 19.2 Å². The Kier molecular flexibility index (Phi) is 4.09. The zero-order valence-electron chi connectivity index (χ0n) is 8.86. The van der Waals surface area contributed by atoms with Crippen LogP contribution in [0.25, 0.3) is 0 Å². The summed E-state index contributed by atoms with van der Waals surface area (Å²) in [5, 5.41) is 10.2. The molecule has 0 aliphatic heterocycles. The molecule has 1 aromatic heterocycles. The molecule has 5 heteroatoms. The molecule has 2 aromatic rings. The van der Waals surface area contributed by atoms with Crippen molar-refractivity contribution in [1.29, 1.82) is 0 Å². The Morgan fingerprint density at radius 2 is 2.12 bits per heavy atom. The highest BCUT2D eigenvalue weighted by Crippen LogP contribution is 2.30. The second-order valence-corrected chi connectivity index (χ2v) is 6.41. The van der Waals surface area contributed by atoms with Crippen molar-refractivity contribution in [3.63, 3.8) is 0 Å². The molecule has 1 aromatic carbocycles. The summed E-state index contributed by atoms with van der Waals surface area (Å²) < 4.78 is 1.64. The molecule has 0 fully saturated rings. The van der Waals surface area contributed by atoms with Crippen LogP contribution < -0.4 is 5.73 Å². The van der Waals surface area contributed by atoms with Crippen molar-refractivity contribution >= 4 is 44.6 Å². The molecule has 3 N–H and O–H groups in total. The number of aliphatic hydroxyl groups is 1. The molecule has 1 atom stereocenters. The summed E-state index contributed by atoms with van der Waals surface area (Å²) in [6, 6.07) is 9.23. The predicted molar refractivity (Wildman–Crippen MR) is 76.5 cm³/mol. The van der Waals surface area contributed by atoms with Gasteiger partial charge in [0.05, 0.1) is 10.4 Å². The van der Waals surface area contributed by atoms with Gasteiger partial charge in [0.15, 0.2) is 0 Å². The number of rotatable bonds is 3. The Morgan fingerprint density at radius 3 is 2.76 bits per heavy atom. The Bertz CT molecular complexity index is 529. The summed E-state index contributed by atoms with van der Waals surface area (Å²) >= 11 is 10.7. The third-order valence-corrected chi connectivity index (χ3v) is 4.18. The molecule has 1 heterocycles.